The number of ketones is 2. The Morgan fingerprint density at radius 3 is 2.24 bits per heavy atom. The molecule has 0 N–H and O–H groups in total. The van der Waals surface area contributed by atoms with Crippen LogP contribution in [-0.2, 0) is 16.0 Å². The molecule has 0 aliphatic carbocycles. The van der Waals surface area contributed by atoms with Crippen LogP contribution in [0.5, 0.6) is 5.75 Å². The molecule has 17 heavy (non-hydrogen) atoms. The van der Waals surface area contributed by atoms with Crippen LogP contribution in [0.15, 0.2) is 24.3 Å². The van der Waals surface area contributed by atoms with Crippen LogP contribution in [0.4, 0.5) is 0 Å². The lowest BCUT2D eigenvalue weighted by molar-refractivity contribution is -0.117. The number of carbonyl (C=O) groups excluding carboxylic acids is 2. The molecule has 3 nitrogen and oxygen atoms in total. The van der Waals surface area contributed by atoms with Crippen molar-refractivity contribution in [3.8, 4) is 5.75 Å². The predicted molar refractivity (Wildman–Crippen MR) is 66.2 cm³/mol. The standard InChI is InChI=1S/C14H18O3/c1-11(15)4-3-9-17-14-7-5-13(6-8-14)10-12(2)16/h5-8H,3-4,9-10H2,1-2H3. The second-order valence-corrected chi connectivity index (χ2v) is 4.18. The van der Waals surface area contributed by atoms with Crippen LogP contribution in [0.2, 0.25) is 0 Å². The Bertz CT molecular complexity index is 379. The van der Waals surface area contributed by atoms with E-state index in [1.165, 1.54) is 0 Å². The van der Waals surface area contributed by atoms with E-state index in [1.807, 2.05) is 24.3 Å². The van der Waals surface area contributed by atoms with E-state index < -0.39 is 0 Å². The Labute approximate surface area is 102 Å². The highest BCUT2D eigenvalue weighted by molar-refractivity contribution is 5.78. The molecule has 0 radical (unpaired) electrons. The molecule has 0 aliphatic heterocycles. The Hall–Kier alpha value is -1.64. The number of hydrogen-bond donors (Lipinski definition) is 0. The van der Waals surface area contributed by atoms with Crippen molar-refractivity contribution < 1.29 is 14.3 Å². The third-order valence-electron chi connectivity index (χ3n) is 2.32. The van der Waals surface area contributed by atoms with Crippen LogP contribution < -0.4 is 4.74 Å². The van der Waals surface area contributed by atoms with Crippen LogP contribution >= 0.6 is 0 Å². The van der Waals surface area contributed by atoms with E-state index in [9.17, 15) is 9.59 Å². The molecule has 0 bridgehead atoms. The van der Waals surface area contributed by atoms with Crippen molar-refractivity contribution in [3.05, 3.63) is 29.8 Å². The molecule has 0 fully saturated rings. The van der Waals surface area contributed by atoms with Gasteiger partial charge < -0.3 is 9.53 Å². The van der Waals surface area contributed by atoms with Gasteiger partial charge in [0.05, 0.1) is 6.61 Å². The zero-order valence-corrected chi connectivity index (χ0v) is 10.4. The van der Waals surface area contributed by atoms with Crippen LogP contribution in [0.3, 0.4) is 0 Å². The van der Waals surface area contributed by atoms with Gasteiger partial charge in [0.1, 0.15) is 17.3 Å². The topological polar surface area (TPSA) is 43.4 Å². The monoisotopic (exact) mass is 234 g/mol. The third-order valence-corrected chi connectivity index (χ3v) is 2.32. The van der Waals surface area contributed by atoms with Crippen LogP contribution in [-0.4, -0.2) is 18.2 Å². The van der Waals surface area contributed by atoms with Crippen molar-refractivity contribution in [3.63, 3.8) is 0 Å². The fraction of sp³-hybridized carbons (Fsp3) is 0.429. The van der Waals surface area contributed by atoms with Crippen LogP contribution in [0.25, 0.3) is 0 Å². The maximum atomic E-state index is 10.9. The van der Waals surface area contributed by atoms with E-state index in [2.05, 4.69) is 0 Å². The Morgan fingerprint density at radius 2 is 1.71 bits per heavy atom. The first-order valence-corrected chi connectivity index (χ1v) is 5.78. The van der Waals surface area contributed by atoms with Crippen molar-refractivity contribution in [2.24, 2.45) is 0 Å². The smallest absolute Gasteiger partial charge is 0.134 e. The van der Waals surface area contributed by atoms with Gasteiger partial charge in [-0.3, -0.25) is 4.79 Å². The fourth-order valence-corrected chi connectivity index (χ4v) is 1.50. The van der Waals surface area contributed by atoms with Gasteiger partial charge in [0.2, 0.25) is 0 Å². The molecule has 0 aromatic heterocycles. The van der Waals surface area contributed by atoms with Crippen molar-refractivity contribution >= 4 is 11.6 Å². The second kappa shape index (κ2) is 6.84. The predicted octanol–water partition coefficient (Wildman–Crippen LogP) is 2.57. The highest BCUT2D eigenvalue weighted by atomic mass is 16.5. The van der Waals surface area contributed by atoms with Gasteiger partial charge in [-0.15, -0.1) is 0 Å². The Kier molecular flexibility index (Phi) is 5.40. The number of benzene rings is 1. The molecule has 0 spiro atoms. The maximum absolute atomic E-state index is 10.9. The van der Waals surface area contributed by atoms with Crippen molar-refractivity contribution in [1.29, 1.82) is 0 Å². The average molecular weight is 234 g/mol. The van der Waals surface area contributed by atoms with Crippen molar-refractivity contribution in [1.82, 2.24) is 0 Å². The average Bonchev–Trinajstić information content (AvgIpc) is 2.25. The summed E-state index contributed by atoms with van der Waals surface area (Å²) < 4.78 is 5.48. The summed E-state index contributed by atoms with van der Waals surface area (Å²) >= 11 is 0. The SMILES string of the molecule is CC(=O)CCCOc1ccc(CC(C)=O)cc1. The van der Waals surface area contributed by atoms with E-state index in [-0.39, 0.29) is 11.6 Å². The molecule has 0 aliphatic rings. The summed E-state index contributed by atoms with van der Waals surface area (Å²) in [5, 5.41) is 0. The van der Waals surface area contributed by atoms with Gasteiger partial charge in [-0.05, 0) is 38.0 Å². The highest BCUT2D eigenvalue weighted by Gasteiger charge is 1.99. The third kappa shape index (κ3) is 5.85. The first-order valence-electron chi connectivity index (χ1n) is 5.78. The lowest BCUT2D eigenvalue weighted by Crippen LogP contribution is -2.01. The zero-order chi connectivity index (χ0) is 12.7. The normalized spacial score (nSPS) is 10.0. The van der Waals surface area contributed by atoms with E-state index in [1.54, 1.807) is 13.8 Å². The number of hydrogen-bond acceptors (Lipinski definition) is 3. The number of carbonyl (C=O) groups is 2. The fourth-order valence-electron chi connectivity index (χ4n) is 1.50. The summed E-state index contributed by atoms with van der Waals surface area (Å²) in [7, 11) is 0. The molecule has 3 heteroatoms. The van der Waals surface area contributed by atoms with Gasteiger partial charge >= 0.3 is 0 Å². The Morgan fingerprint density at radius 1 is 1.06 bits per heavy atom. The molecule has 1 aromatic carbocycles. The van der Waals surface area contributed by atoms with E-state index in [0.717, 1.165) is 17.7 Å². The molecular weight excluding hydrogens is 216 g/mol. The summed E-state index contributed by atoms with van der Waals surface area (Å²) in [5.74, 6) is 1.12. The molecule has 0 heterocycles. The van der Waals surface area contributed by atoms with Gasteiger partial charge in [-0.25, -0.2) is 0 Å². The largest absolute Gasteiger partial charge is 0.494 e. The minimum Gasteiger partial charge on any atom is -0.494 e. The molecule has 92 valence electrons. The summed E-state index contributed by atoms with van der Waals surface area (Å²) in [6.45, 7) is 3.70. The Balaban J connectivity index is 2.35. The van der Waals surface area contributed by atoms with Crippen molar-refractivity contribution in [2.45, 2.75) is 33.1 Å². The number of ether oxygens (including phenoxy) is 1. The van der Waals surface area contributed by atoms with E-state index >= 15 is 0 Å². The van der Waals surface area contributed by atoms with Gasteiger partial charge in [-0.2, -0.15) is 0 Å². The number of rotatable bonds is 7. The summed E-state index contributed by atoms with van der Waals surface area (Å²) in [4.78, 5) is 21.6. The lowest BCUT2D eigenvalue weighted by atomic mass is 10.1. The van der Waals surface area contributed by atoms with Gasteiger partial charge in [0.15, 0.2) is 0 Å². The van der Waals surface area contributed by atoms with E-state index in [0.29, 0.717) is 19.4 Å². The van der Waals surface area contributed by atoms with E-state index in [4.69, 9.17) is 4.74 Å². The first kappa shape index (κ1) is 13.4. The summed E-state index contributed by atoms with van der Waals surface area (Å²) in [5.41, 5.74) is 0.994. The summed E-state index contributed by atoms with van der Waals surface area (Å²) in [6.07, 6.45) is 1.76. The molecular formula is C14H18O3. The minimum absolute atomic E-state index is 0.153. The lowest BCUT2D eigenvalue weighted by Gasteiger charge is -2.06. The molecule has 1 aromatic rings. The first-order chi connectivity index (χ1) is 8.08. The van der Waals surface area contributed by atoms with Crippen molar-refractivity contribution in [2.75, 3.05) is 6.61 Å². The molecule has 0 atom stereocenters. The van der Waals surface area contributed by atoms with Gasteiger partial charge in [-0.1, -0.05) is 12.1 Å². The van der Waals surface area contributed by atoms with Crippen LogP contribution in [0, 0.1) is 0 Å². The van der Waals surface area contributed by atoms with Gasteiger partial charge in [0, 0.05) is 12.8 Å². The summed E-state index contributed by atoms with van der Waals surface area (Å²) in [6, 6.07) is 7.49. The molecule has 0 saturated carbocycles. The highest BCUT2D eigenvalue weighted by Crippen LogP contribution is 2.13. The van der Waals surface area contributed by atoms with Gasteiger partial charge in [0.25, 0.3) is 0 Å². The maximum Gasteiger partial charge on any atom is 0.134 e. The molecule has 0 saturated heterocycles. The van der Waals surface area contributed by atoms with Crippen LogP contribution in [0.1, 0.15) is 32.3 Å². The zero-order valence-electron chi connectivity index (χ0n) is 10.4. The molecule has 0 amide bonds. The molecule has 1 rings (SSSR count). The second-order valence-electron chi connectivity index (χ2n) is 4.18. The molecule has 0 unspecified atom stereocenters. The minimum atomic E-state index is 0.153. The quantitative estimate of drug-likeness (QED) is 0.681. The number of Topliss-reactive ketones (excluding diaryl/α,β-unsaturated/α-hetero) is 2.